The van der Waals surface area contributed by atoms with Crippen LogP contribution in [0.3, 0.4) is 0 Å². The van der Waals surface area contributed by atoms with Gasteiger partial charge in [0.15, 0.2) is 12.0 Å². The van der Waals surface area contributed by atoms with Crippen molar-refractivity contribution >= 4 is 26.6 Å². The topological polar surface area (TPSA) is 242 Å². The largest absolute Gasteiger partial charge is 0.573 e. The highest BCUT2D eigenvalue weighted by Gasteiger charge is 2.46. The monoisotopic (exact) mass is 619 g/mol. The molecule has 0 radical (unpaired) electrons. The number of phosphoric acid groups is 2. The summed E-state index contributed by atoms with van der Waals surface area (Å²) in [5.74, 6) is -0.718. The number of halogens is 3. The number of aromatic nitrogens is 3. The van der Waals surface area contributed by atoms with E-state index in [1.807, 2.05) is 0 Å². The number of hydrogen-bond donors (Lipinski definition) is 5. The Balaban J connectivity index is 1.58. The molecule has 40 heavy (non-hydrogen) atoms. The summed E-state index contributed by atoms with van der Waals surface area (Å²) >= 11 is 0. The minimum absolute atomic E-state index is 0.0146. The van der Waals surface area contributed by atoms with Crippen molar-refractivity contribution in [3.8, 4) is 5.75 Å². The second-order valence-corrected chi connectivity index (χ2v) is 11.0. The minimum Gasteiger partial charge on any atom is -0.402 e. The number of rotatable bonds is 9. The van der Waals surface area contributed by atoms with Crippen LogP contribution in [0.5, 0.6) is 5.75 Å². The van der Waals surface area contributed by atoms with Crippen molar-refractivity contribution in [2.75, 3.05) is 6.61 Å². The second-order valence-electron chi connectivity index (χ2n) is 8.12. The highest BCUT2D eigenvalue weighted by atomic mass is 31.3. The van der Waals surface area contributed by atoms with Crippen molar-refractivity contribution in [1.29, 1.82) is 0 Å². The van der Waals surface area contributed by atoms with Gasteiger partial charge >= 0.3 is 27.7 Å². The van der Waals surface area contributed by atoms with Gasteiger partial charge in [-0.25, -0.2) is 13.9 Å². The Labute approximate surface area is 218 Å². The number of alkyl halides is 3. The number of fused-ring (bicyclic) bond motifs is 1. The number of ether oxygens (including phenoxy) is 2. The van der Waals surface area contributed by atoms with Crippen molar-refractivity contribution in [3.63, 3.8) is 0 Å². The molecule has 3 heterocycles. The molecule has 5 N–H and O–H groups in total. The molecule has 0 spiro atoms. The van der Waals surface area contributed by atoms with Gasteiger partial charge in [-0.05, 0) is 12.1 Å². The first kappa shape index (κ1) is 30.1. The zero-order valence-corrected chi connectivity index (χ0v) is 21.2. The SMILES string of the molecule is O=c1ccn([C@@H]2O[C@H](COP(=O)(O)OP(=O)(O)O)C(O)[C@@H]2O)c(=O)n1Cc1noc2c(OC(F)(F)F)cccc12. The number of aliphatic hydroxyl groups excluding tert-OH is 2. The summed E-state index contributed by atoms with van der Waals surface area (Å²) in [6.07, 6.45) is -11.2. The standard InChI is InChI=1S/C18H18F3N3O14P2/c19-18(20,21)36-10-3-1-2-8-9(22-37-15(8)10)6-24-12(25)4-5-23(17(24)28)16-14(27)13(26)11(35-16)7-34-40(32,33)38-39(29,30)31/h1-5,11,13-14,16,26-27H,6-7H2,(H,32,33)(H2,29,30,31)/t11-,13?,14+,16-/m1/s1. The first-order valence-corrected chi connectivity index (χ1v) is 13.7. The lowest BCUT2D eigenvalue weighted by Gasteiger charge is -2.19. The molecule has 3 aromatic rings. The van der Waals surface area contributed by atoms with Crippen molar-refractivity contribution in [2.24, 2.45) is 0 Å². The zero-order chi connectivity index (χ0) is 29.6. The number of aliphatic hydroxyl groups is 2. The van der Waals surface area contributed by atoms with Crippen LogP contribution in [0.1, 0.15) is 11.9 Å². The van der Waals surface area contributed by atoms with Gasteiger partial charge < -0.3 is 38.9 Å². The van der Waals surface area contributed by atoms with E-state index in [1.54, 1.807) is 0 Å². The van der Waals surface area contributed by atoms with Crippen LogP contribution in [0.4, 0.5) is 13.2 Å². The Morgan fingerprint density at radius 3 is 2.42 bits per heavy atom. The van der Waals surface area contributed by atoms with E-state index in [4.69, 9.17) is 19.0 Å². The smallest absolute Gasteiger partial charge is 0.402 e. The molecule has 17 nitrogen and oxygen atoms in total. The van der Waals surface area contributed by atoms with Crippen LogP contribution < -0.4 is 16.0 Å². The molecule has 1 aliphatic rings. The van der Waals surface area contributed by atoms with E-state index in [9.17, 15) is 47.0 Å². The van der Waals surface area contributed by atoms with Gasteiger partial charge in [0.25, 0.3) is 5.56 Å². The quantitative estimate of drug-likeness (QED) is 0.197. The van der Waals surface area contributed by atoms with Gasteiger partial charge in [0, 0.05) is 12.3 Å². The first-order valence-electron chi connectivity index (χ1n) is 10.7. The normalized spacial score (nSPS) is 23.4. The number of phosphoric ester groups is 1. The molecular weight excluding hydrogens is 601 g/mol. The summed E-state index contributed by atoms with van der Waals surface area (Å²) in [7, 11) is -10.8. The van der Waals surface area contributed by atoms with Crippen LogP contribution in [0, 0.1) is 0 Å². The maximum Gasteiger partial charge on any atom is 0.573 e. The molecule has 0 aliphatic carbocycles. The van der Waals surface area contributed by atoms with E-state index in [2.05, 4.69) is 18.7 Å². The van der Waals surface area contributed by atoms with Crippen LogP contribution in [-0.2, 0) is 29.2 Å². The summed E-state index contributed by atoms with van der Waals surface area (Å²) in [4.78, 5) is 52.3. The van der Waals surface area contributed by atoms with Crippen molar-refractivity contribution in [1.82, 2.24) is 14.3 Å². The number of para-hydroxylation sites is 1. The highest BCUT2D eigenvalue weighted by molar-refractivity contribution is 7.60. The average molecular weight is 619 g/mol. The van der Waals surface area contributed by atoms with Gasteiger partial charge in [-0.2, -0.15) is 4.31 Å². The predicted molar refractivity (Wildman–Crippen MR) is 120 cm³/mol. The van der Waals surface area contributed by atoms with Gasteiger partial charge in [-0.3, -0.25) is 18.5 Å². The summed E-state index contributed by atoms with van der Waals surface area (Å²) in [6.45, 7) is -1.66. The third-order valence-electron chi connectivity index (χ3n) is 5.39. The molecule has 2 aromatic heterocycles. The summed E-state index contributed by atoms with van der Waals surface area (Å²) in [5, 5.41) is 24.3. The highest BCUT2D eigenvalue weighted by Crippen LogP contribution is 2.57. The number of nitrogens with zero attached hydrogens (tertiary/aromatic N) is 3. The van der Waals surface area contributed by atoms with E-state index in [1.165, 1.54) is 12.1 Å². The lowest BCUT2D eigenvalue weighted by molar-refractivity contribution is -0.274. The molecule has 4 rings (SSSR count). The van der Waals surface area contributed by atoms with Gasteiger partial charge in [-0.1, -0.05) is 11.2 Å². The Morgan fingerprint density at radius 2 is 1.77 bits per heavy atom. The molecule has 1 aromatic carbocycles. The molecule has 22 heteroatoms. The fourth-order valence-corrected chi connectivity index (χ4v) is 5.35. The molecule has 0 bridgehead atoms. The van der Waals surface area contributed by atoms with Crippen molar-refractivity contribution < 1.29 is 70.0 Å². The lowest BCUT2D eigenvalue weighted by atomic mass is 10.1. The fraction of sp³-hybridized carbons (Fsp3) is 0.389. The van der Waals surface area contributed by atoms with Gasteiger partial charge in [0.2, 0.25) is 5.58 Å². The van der Waals surface area contributed by atoms with E-state index in [-0.39, 0.29) is 11.1 Å². The van der Waals surface area contributed by atoms with Crippen molar-refractivity contribution in [3.05, 3.63) is 57.0 Å². The Morgan fingerprint density at radius 1 is 1.07 bits per heavy atom. The van der Waals surface area contributed by atoms with E-state index < -0.39 is 82.3 Å². The zero-order valence-electron chi connectivity index (χ0n) is 19.4. The van der Waals surface area contributed by atoms with E-state index in [0.717, 1.165) is 18.3 Å². The molecule has 0 saturated carbocycles. The van der Waals surface area contributed by atoms with Crippen LogP contribution in [-0.4, -0.2) is 70.5 Å². The second kappa shape index (κ2) is 10.8. The van der Waals surface area contributed by atoms with Gasteiger partial charge in [0.1, 0.15) is 24.0 Å². The molecule has 1 aliphatic heterocycles. The maximum atomic E-state index is 13.1. The van der Waals surface area contributed by atoms with E-state index >= 15 is 0 Å². The molecule has 0 amide bonds. The third-order valence-corrected chi connectivity index (χ3v) is 7.54. The molecule has 5 atom stereocenters. The van der Waals surface area contributed by atoms with Crippen molar-refractivity contribution in [2.45, 2.75) is 37.4 Å². The predicted octanol–water partition coefficient (Wildman–Crippen LogP) is -0.0564. The summed E-state index contributed by atoms with van der Waals surface area (Å²) in [5.41, 5.74) is -2.59. The van der Waals surface area contributed by atoms with E-state index in [0.29, 0.717) is 9.13 Å². The van der Waals surface area contributed by atoms with Gasteiger partial charge in [0.05, 0.1) is 18.5 Å². The van der Waals surface area contributed by atoms with Crippen LogP contribution in [0.15, 0.2) is 44.6 Å². The Bertz CT molecular complexity index is 1610. The first-order chi connectivity index (χ1) is 18.5. The summed E-state index contributed by atoms with van der Waals surface area (Å²) in [6, 6.07) is 4.32. The molecule has 2 unspecified atom stereocenters. The van der Waals surface area contributed by atoms with Crippen LogP contribution >= 0.6 is 15.6 Å². The lowest BCUT2D eigenvalue weighted by Crippen LogP contribution is -2.43. The van der Waals surface area contributed by atoms with Gasteiger partial charge in [-0.15, -0.1) is 13.2 Å². The van der Waals surface area contributed by atoms with Crippen LogP contribution in [0.25, 0.3) is 11.0 Å². The molecular formula is C18H18F3N3O14P2. The molecule has 1 fully saturated rings. The fourth-order valence-electron chi connectivity index (χ4n) is 3.75. The molecule has 220 valence electrons. The maximum absolute atomic E-state index is 13.1. The Hall–Kier alpha value is -2.90. The third kappa shape index (κ3) is 6.69. The number of hydrogen-bond acceptors (Lipinski definition) is 12. The average Bonchev–Trinajstić information content (AvgIpc) is 3.35. The molecule has 1 saturated heterocycles. The minimum atomic E-state index is -5.44. The van der Waals surface area contributed by atoms with Crippen LogP contribution in [0.2, 0.25) is 0 Å². The Kier molecular flexibility index (Phi) is 8.14. The summed E-state index contributed by atoms with van der Waals surface area (Å²) < 4.78 is 83.8. The number of benzene rings is 1.